The second-order valence-electron chi connectivity index (χ2n) is 12.3. The van der Waals surface area contributed by atoms with E-state index in [1.807, 2.05) is 4.90 Å². The Hall–Kier alpha value is -5.16. The van der Waals surface area contributed by atoms with Crippen molar-refractivity contribution in [3.05, 3.63) is 101 Å². The highest BCUT2D eigenvalue weighted by atomic mass is 19.4. The van der Waals surface area contributed by atoms with Crippen LogP contribution in [0.2, 0.25) is 0 Å². The van der Waals surface area contributed by atoms with Gasteiger partial charge in [-0.3, -0.25) is 4.79 Å². The smallest absolute Gasteiger partial charge is 0.424 e. The number of piperidine rings is 1. The van der Waals surface area contributed by atoms with Gasteiger partial charge in [-0.2, -0.15) is 31.2 Å². The van der Waals surface area contributed by atoms with Crippen molar-refractivity contribution in [1.82, 2.24) is 9.80 Å². The Balaban J connectivity index is 1.15. The maximum absolute atomic E-state index is 13.7. The number of methoxy groups -OCH3 is 1. The molecule has 2 spiro atoms. The van der Waals surface area contributed by atoms with Gasteiger partial charge < -0.3 is 28.6 Å². The first kappa shape index (κ1) is 36.6. The average Bonchev–Trinajstić information content (AvgIpc) is 3.53. The van der Waals surface area contributed by atoms with E-state index in [0.29, 0.717) is 11.4 Å². The number of ether oxygens (including phenoxy) is 5. The summed E-state index contributed by atoms with van der Waals surface area (Å²) in [5.41, 5.74) is -3.82. The summed E-state index contributed by atoms with van der Waals surface area (Å²) >= 11 is 0. The van der Waals surface area contributed by atoms with Crippen LogP contribution < -0.4 is 4.74 Å². The first-order valence-corrected chi connectivity index (χ1v) is 15.9. The van der Waals surface area contributed by atoms with Crippen molar-refractivity contribution in [3.63, 3.8) is 0 Å². The number of halogens is 6. The molecule has 0 aromatic heterocycles. The van der Waals surface area contributed by atoms with Crippen LogP contribution >= 0.6 is 0 Å². The molecule has 3 saturated heterocycles. The lowest BCUT2D eigenvalue weighted by molar-refractivity contribution is -0.277. The van der Waals surface area contributed by atoms with E-state index in [-0.39, 0.29) is 61.4 Å². The molecule has 0 radical (unpaired) electrons. The van der Waals surface area contributed by atoms with Gasteiger partial charge in [0.05, 0.1) is 23.8 Å². The van der Waals surface area contributed by atoms with E-state index >= 15 is 0 Å². The number of likely N-dealkylation sites (tertiary alicyclic amines) is 1. The van der Waals surface area contributed by atoms with Crippen molar-refractivity contribution in [2.75, 3.05) is 33.4 Å². The SMILES string of the molecule is COc1ccccc1C(=O)N1C(=O)OC2(CCN(CCCOC(c3cccc(C(F)(F)F)c3)c3cccc(C(F)(F)F)c3)CC2)C12OC(=O)C(=O)O2. The van der Waals surface area contributed by atoms with E-state index in [1.165, 1.54) is 37.4 Å². The van der Waals surface area contributed by atoms with Crippen LogP contribution in [0.1, 0.15) is 58.0 Å². The fourth-order valence-electron chi connectivity index (χ4n) is 6.58. The molecule has 3 aliphatic heterocycles. The molecule has 0 aliphatic carbocycles. The van der Waals surface area contributed by atoms with E-state index in [4.69, 9.17) is 23.7 Å². The minimum Gasteiger partial charge on any atom is -0.496 e. The third-order valence-corrected chi connectivity index (χ3v) is 9.10. The van der Waals surface area contributed by atoms with Crippen molar-refractivity contribution >= 4 is 23.9 Å². The summed E-state index contributed by atoms with van der Waals surface area (Å²) in [5.74, 6) is -6.29. The lowest BCUT2D eigenvalue weighted by Crippen LogP contribution is -2.64. The summed E-state index contributed by atoms with van der Waals surface area (Å²) in [5, 5.41) is 0. The monoisotopic (exact) mass is 736 g/mol. The Morgan fingerprint density at radius 1 is 0.808 bits per heavy atom. The summed E-state index contributed by atoms with van der Waals surface area (Å²) < 4.78 is 109. The number of imide groups is 1. The minimum absolute atomic E-state index is 0.00953. The standard InChI is InChI=1S/C35H30F6N2O9/c1-48-26-12-3-2-11-25(26)28(44)43-31(47)52-32(35(43)50-29(45)30(46)51-35)13-16-42(17-14-32)15-6-18-49-27(21-7-4-9-23(19-21)33(36,37)38)22-8-5-10-24(20-22)34(39,40)41/h2-5,7-12,19-20,27H,6,13-18H2,1H3. The third kappa shape index (κ3) is 6.77. The van der Waals surface area contributed by atoms with Crippen LogP contribution in [0, 0.1) is 0 Å². The highest BCUT2D eigenvalue weighted by Crippen LogP contribution is 2.51. The number of benzene rings is 3. The van der Waals surface area contributed by atoms with Crippen molar-refractivity contribution in [2.24, 2.45) is 0 Å². The van der Waals surface area contributed by atoms with Gasteiger partial charge in [0.25, 0.3) is 5.91 Å². The quantitative estimate of drug-likeness (QED) is 0.110. The van der Waals surface area contributed by atoms with Crippen molar-refractivity contribution in [1.29, 1.82) is 0 Å². The summed E-state index contributed by atoms with van der Waals surface area (Å²) in [7, 11) is 1.30. The largest absolute Gasteiger partial charge is 0.496 e. The number of esters is 2. The highest BCUT2D eigenvalue weighted by Gasteiger charge is 2.77. The van der Waals surface area contributed by atoms with E-state index in [0.717, 1.165) is 36.4 Å². The average molecular weight is 737 g/mol. The summed E-state index contributed by atoms with van der Waals surface area (Å²) in [6.45, 7) is 0.587. The van der Waals surface area contributed by atoms with Crippen LogP contribution in [0.3, 0.4) is 0 Å². The fourth-order valence-corrected chi connectivity index (χ4v) is 6.58. The number of amides is 2. The van der Waals surface area contributed by atoms with Crippen LogP contribution in [0.5, 0.6) is 5.75 Å². The Labute approximate surface area is 291 Å². The van der Waals surface area contributed by atoms with Gasteiger partial charge in [-0.05, 0) is 53.9 Å². The molecule has 3 heterocycles. The molecule has 52 heavy (non-hydrogen) atoms. The van der Waals surface area contributed by atoms with Crippen LogP contribution in [0.15, 0.2) is 72.8 Å². The maximum atomic E-state index is 13.7. The molecular formula is C35H30F6N2O9. The van der Waals surface area contributed by atoms with E-state index in [9.17, 15) is 45.5 Å². The molecule has 3 aliphatic rings. The van der Waals surface area contributed by atoms with Gasteiger partial charge in [-0.25, -0.2) is 14.4 Å². The number of carbonyl (C=O) groups excluding carboxylic acids is 4. The molecule has 2 amide bonds. The number of nitrogens with zero attached hydrogens (tertiary/aromatic N) is 2. The molecule has 17 heteroatoms. The fraction of sp³-hybridized carbons (Fsp3) is 0.371. The maximum Gasteiger partial charge on any atom is 0.424 e. The van der Waals surface area contributed by atoms with Crippen molar-refractivity contribution in [2.45, 2.75) is 49.2 Å². The topological polar surface area (TPSA) is 121 Å². The van der Waals surface area contributed by atoms with Crippen molar-refractivity contribution < 1.29 is 69.2 Å². The number of alkyl halides is 6. The predicted octanol–water partition coefficient (Wildman–Crippen LogP) is 6.11. The molecular weight excluding hydrogens is 706 g/mol. The zero-order valence-corrected chi connectivity index (χ0v) is 27.3. The van der Waals surface area contributed by atoms with E-state index in [2.05, 4.69) is 0 Å². The van der Waals surface area contributed by atoms with Gasteiger partial charge in [0.2, 0.25) is 5.60 Å². The third-order valence-electron chi connectivity index (χ3n) is 9.10. The zero-order chi connectivity index (χ0) is 37.5. The zero-order valence-electron chi connectivity index (χ0n) is 27.3. The van der Waals surface area contributed by atoms with Crippen LogP contribution in [0.25, 0.3) is 0 Å². The van der Waals surface area contributed by atoms with Gasteiger partial charge in [0.15, 0.2) is 0 Å². The summed E-state index contributed by atoms with van der Waals surface area (Å²) in [6.07, 6.45) is -11.7. The molecule has 3 aromatic rings. The molecule has 3 aromatic carbocycles. The Kier molecular flexibility index (Phi) is 9.69. The molecule has 0 N–H and O–H groups in total. The van der Waals surface area contributed by atoms with Crippen LogP contribution in [0.4, 0.5) is 31.1 Å². The molecule has 11 nitrogen and oxygen atoms in total. The van der Waals surface area contributed by atoms with Crippen LogP contribution in [-0.2, 0) is 40.9 Å². The van der Waals surface area contributed by atoms with Gasteiger partial charge >= 0.3 is 36.3 Å². The number of hydrogen-bond donors (Lipinski definition) is 0. The number of hydrogen-bond acceptors (Lipinski definition) is 10. The number of rotatable bonds is 9. The van der Waals surface area contributed by atoms with Gasteiger partial charge in [-0.15, -0.1) is 0 Å². The number of para-hydroxylation sites is 1. The summed E-state index contributed by atoms with van der Waals surface area (Å²) in [4.78, 5) is 54.1. The summed E-state index contributed by atoms with van der Waals surface area (Å²) in [6, 6.07) is 14.3. The van der Waals surface area contributed by atoms with Crippen LogP contribution in [-0.4, -0.2) is 78.6 Å². The van der Waals surface area contributed by atoms with Gasteiger partial charge in [-0.1, -0.05) is 36.4 Å². The molecule has 0 atom stereocenters. The Morgan fingerprint density at radius 3 is 1.90 bits per heavy atom. The Bertz CT molecular complexity index is 1800. The first-order valence-electron chi connectivity index (χ1n) is 15.9. The number of fused-ring (bicyclic) bond motifs is 1. The van der Waals surface area contributed by atoms with Gasteiger partial charge in [0, 0.05) is 39.1 Å². The molecule has 0 bridgehead atoms. The normalized spacial score (nSPS) is 18.5. The van der Waals surface area contributed by atoms with Gasteiger partial charge in [0.1, 0.15) is 11.9 Å². The first-order chi connectivity index (χ1) is 24.6. The second-order valence-corrected chi connectivity index (χ2v) is 12.3. The lowest BCUT2D eigenvalue weighted by Gasteiger charge is -2.43. The molecule has 3 fully saturated rings. The number of carbonyl (C=O) groups is 4. The predicted molar refractivity (Wildman–Crippen MR) is 164 cm³/mol. The molecule has 0 saturated carbocycles. The van der Waals surface area contributed by atoms with E-state index in [1.54, 1.807) is 6.07 Å². The lowest BCUT2D eigenvalue weighted by atomic mass is 9.86. The highest BCUT2D eigenvalue weighted by molar-refractivity contribution is 6.31. The van der Waals surface area contributed by atoms with E-state index < -0.39 is 65.0 Å². The minimum atomic E-state index is -4.69. The molecule has 276 valence electrons. The Morgan fingerprint density at radius 2 is 1.37 bits per heavy atom. The molecule has 6 rings (SSSR count). The second kappa shape index (κ2) is 13.8. The molecule has 0 unspecified atom stereocenters. The van der Waals surface area contributed by atoms with Crippen molar-refractivity contribution in [3.8, 4) is 5.75 Å².